The Morgan fingerprint density at radius 1 is 1.24 bits per heavy atom. The topological polar surface area (TPSA) is 28.2 Å². The molecule has 1 N–H and O–H groups in total. The van der Waals surface area contributed by atoms with Crippen LogP contribution in [0.3, 0.4) is 0 Å². The van der Waals surface area contributed by atoms with Gasteiger partial charge in [-0.3, -0.25) is 4.98 Å². The van der Waals surface area contributed by atoms with Crippen LogP contribution in [0.25, 0.3) is 0 Å². The van der Waals surface area contributed by atoms with Gasteiger partial charge in [0.25, 0.3) is 0 Å². The number of nitrogens with zero attached hydrogens (tertiary/aromatic N) is 2. The molecule has 21 heavy (non-hydrogen) atoms. The van der Waals surface area contributed by atoms with Gasteiger partial charge in [-0.1, -0.05) is 27.2 Å². The summed E-state index contributed by atoms with van der Waals surface area (Å²) in [5.74, 6) is 0.927. The summed E-state index contributed by atoms with van der Waals surface area (Å²) in [7, 11) is 0. The average molecular weight is 289 g/mol. The van der Waals surface area contributed by atoms with Crippen molar-refractivity contribution in [2.24, 2.45) is 5.92 Å². The summed E-state index contributed by atoms with van der Waals surface area (Å²) < 4.78 is 0. The molecule has 0 spiro atoms. The Bertz CT molecular complexity index is 393. The number of aromatic nitrogens is 1. The zero-order chi connectivity index (χ0) is 15.1. The van der Waals surface area contributed by atoms with Crippen LogP contribution >= 0.6 is 0 Å². The van der Waals surface area contributed by atoms with Gasteiger partial charge >= 0.3 is 0 Å². The highest BCUT2D eigenvalue weighted by Crippen LogP contribution is 2.25. The van der Waals surface area contributed by atoms with E-state index in [1.807, 2.05) is 0 Å². The molecule has 2 rings (SSSR count). The molecule has 1 aromatic rings. The van der Waals surface area contributed by atoms with E-state index in [-0.39, 0.29) is 0 Å². The third kappa shape index (κ3) is 4.44. The monoisotopic (exact) mass is 289 g/mol. The predicted molar refractivity (Wildman–Crippen MR) is 90.8 cm³/mol. The van der Waals surface area contributed by atoms with E-state index >= 15 is 0 Å². The molecule has 3 heteroatoms. The quantitative estimate of drug-likeness (QED) is 0.817. The van der Waals surface area contributed by atoms with Gasteiger partial charge in [-0.2, -0.15) is 0 Å². The molecular formula is C18H31N3. The van der Waals surface area contributed by atoms with Crippen molar-refractivity contribution in [3.63, 3.8) is 0 Å². The van der Waals surface area contributed by atoms with Gasteiger partial charge in [-0.25, -0.2) is 0 Å². The van der Waals surface area contributed by atoms with Crippen LogP contribution in [0.2, 0.25) is 0 Å². The second-order valence-electron chi connectivity index (χ2n) is 6.19. The Labute approximate surface area is 130 Å². The maximum atomic E-state index is 4.71. The molecule has 1 saturated heterocycles. The van der Waals surface area contributed by atoms with Crippen molar-refractivity contribution < 1.29 is 0 Å². The minimum Gasteiger partial charge on any atom is -0.370 e. The number of piperidine rings is 1. The smallest absolute Gasteiger partial charge is 0.0574 e. The summed E-state index contributed by atoms with van der Waals surface area (Å²) in [6.07, 6.45) is 8.31. The first kappa shape index (κ1) is 16.3. The summed E-state index contributed by atoms with van der Waals surface area (Å²) in [5, 5.41) is 3.57. The Hall–Kier alpha value is -1.09. The number of hydrogen-bond acceptors (Lipinski definition) is 3. The average Bonchev–Trinajstić information content (AvgIpc) is 2.56. The number of hydrogen-bond donors (Lipinski definition) is 1. The molecule has 1 aromatic heterocycles. The molecule has 1 aliphatic heterocycles. The Kier molecular flexibility index (Phi) is 6.50. The van der Waals surface area contributed by atoms with Gasteiger partial charge in [0.2, 0.25) is 0 Å². The lowest BCUT2D eigenvalue weighted by atomic mass is 9.94. The van der Waals surface area contributed by atoms with Gasteiger partial charge in [0.1, 0.15) is 0 Å². The van der Waals surface area contributed by atoms with Crippen molar-refractivity contribution in [1.29, 1.82) is 0 Å². The van der Waals surface area contributed by atoms with Crippen LogP contribution in [0, 0.1) is 5.92 Å². The van der Waals surface area contributed by atoms with Gasteiger partial charge in [-0.15, -0.1) is 0 Å². The van der Waals surface area contributed by atoms with Crippen LogP contribution < -0.4 is 10.2 Å². The van der Waals surface area contributed by atoms with Crippen molar-refractivity contribution in [3.05, 3.63) is 24.0 Å². The highest BCUT2D eigenvalue weighted by Gasteiger charge is 2.18. The van der Waals surface area contributed by atoms with Gasteiger partial charge in [0, 0.05) is 19.1 Å². The van der Waals surface area contributed by atoms with E-state index in [9.17, 15) is 0 Å². The van der Waals surface area contributed by atoms with Crippen molar-refractivity contribution in [2.45, 2.75) is 58.9 Å². The molecule has 1 fully saturated rings. The standard InChI is InChI=1S/C18H31N3/c1-4-11-19-17(6-3)18-8-7-16(14-20-18)21-12-9-15(5-2)10-13-21/h7-8,14-15,17,19H,4-6,9-13H2,1-3H3. The molecule has 3 nitrogen and oxygen atoms in total. The van der Waals surface area contributed by atoms with Crippen LogP contribution in [0.15, 0.2) is 18.3 Å². The van der Waals surface area contributed by atoms with Crippen LogP contribution in [-0.2, 0) is 0 Å². The van der Waals surface area contributed by atoms with Crippen molar-refractivity contribution in [3.8, 4) is 0 Å². The molecule has 0 saturated carbocycles. The zero-order valence-corrected chi connectivity index (χ0v) is 13.9. The zero-order valence-electron chi connectivity index (χ0n) is 13.9. The fourth-order valence-electron chi connectivity index (χ4n) is 3.17. The summed E-state index contributed by atoms with van der Waals surface area (Å²) in [4.78, 5) is 7.20. The van der Waals surface area contributed by atoms with E-state index in [1.165, 1.54) is 50.2 Å². The maximum Gasteiger partial charge on any atom is 0.0574 e. The summed E-state index contributed by atoms with van der Waals surface area (Å²) in [6, 6.07) is 4.85. The van der Waals surface area contributed by atoms with Crippen molar-refractivity contribution in [2.75, 3.05) is 24.5 Å². The second-order valence-corrected chi connectivity index (χ2v) is 6.19. The fraction of sp³-hybridized carbons (Fsp3) is 0.722. The van der Waals surface area contributed by atoms with Crippen LogP contribution in [0.1, 0.15) is 64.6 Å². The number of nitrogens with one attached hydrogen (secondary N) is 1. The Balaban J connectivity index is 1.95. The lowest BCUT2D eigenvalue weighted by molar-refractivity contribution is 0.395. The van der Waals surface area contributed by atoms with Gasteiger partial charge in [0.05, 0.1) is 17.6 Å². The van der Waals surface area contributed by atoms with E-state index < -0.39 is 0 Å². The molecule has 0 aliphatic carbocycles. The first-order valence-electron chi connectivity index (χ1n) is 8.72. The van der Waals surface area contributed by atoms with Gasteiger partial charge < -0.3 is 10.2 Å². The SMILES string of the molecule is CCCNC(CC)c1ccc(N2CCC(CC)CC2)cn1. The molecule has 1 unspecified atom stereocenters. The lowest BCUT2D eigenvalue weighted by Crippen LogP contribution is -2.33. The Morgan fingerprint density at radius 3 is 2.52 bits per heavy atom. The normalized spacial score (nSPS) is 18.0. The molecule has 0 aromatic carbocycles. The molecule has 1 aliphatic rings. The third-order valence-corrected chi connectivity index (χ3v) is 4.73. The van der Waals surface area contributed by atoms with Crippen molar-refractivity contribution in [1.82, 2.24) is 10.3 Å². The minimum absolute atomic E-state index is 0.393. The van der Waals surface area contributed by atoms with E-state index in [0.29, 0.717) is 6.04 Å². The third-order valence-electron chi connectivity index (χ3n) is 4.73. The first-order valence-corrected chi connectivity index (χ1v) is 8.72. The molecular weight excluding hydrogens is 258 g/mol. The molecule has 118 valence electrons. The largest absolute Gasteiger partial charge is 0.370 e. The van der Waals surface area contributed by atoms with Crippen molar-refractivity contribution >= 4 is 5.69 Å². The van der Waals surface area contributed by atoms with E-state index in [2.05, 4.69) is 49.3 Å². The minimum atomic E-state index is 0.393. The Morgan fingerprint density at radius 2 is 2.00 bits per heavy atom. The molecule has 0 bridgehead atoms. The van der Waals surface area contributed by atoms with Crippen LogP contribution in [0.5, 0.6) is 0 Å². The lowest BCUT2D eigenvalue weighted by Gasteiger charge is -2.33. The molecule has 0 radical (unpaired) electrons. The van der Waals surface area contributed by atoms with Crippen LogP contribution in [-0.4, -0.2) is 24.6 Å². The molecule has 1 atom stereocenters. The summed E-state index contributed by atoms with van der Waals surface area (Å²) in [5.41, 5.74) is 2.47. The number of anilines is 1. The summed E-state index contributed by atoms with van der Waals surface area (Å²) in [6.45, 7) is 10.2. The second kappa shape index (κ2) is 8.38. The highest BCUT2D eigenvalue weighted by atomic mass is 15.1. The van der Waals surface area contributed by atoms with E-state index in [1.54, 1.807) is 0 Å². The van der Waals surface area contributed by atoms with Gasteiger partial charge in [0.15, 0.2) is 0 Å². The molecule has 2 heterocycles. The number of rotatable bonds is 7. The van der Waals surface area contributed by atoms with E-state index in [0.717, 1.165) is 18.9 Å². The maximum absolute atomic E-state index is 4.71. The van der Waals surface area contributed by atoms with Crippen LogP contribution in [0.4, 0.5) is 5.69 Å². The number of pyridine rings is 1. The van der Waals surface area contributed by atoms with Gasteiger partial charge in [-0.05, 0) is 50.3 Å². The highest BCUT2D eigenvalue weighted by molar-refractivity contribution is 5.45. The molecule has 0 amide bonds. The summed E-state index contributed by atoms with van der Waals surface area (Å²) >= 11 is 0. The first-order chi connectivity index (χ1) is 10.3. The predicted octanol–water partition coefficient (Wildman–Crippen LogP) is 4.16. The van der Waals surface area contributed by atoms with E-state index in [4.69, 9.17) is 4.98 Å². The fourth-order valence-corrected chi connectivity index (χ4v) is 3.17.